The highest BCUT2D eigenvalue weighted by molar-refractivity contribution is 5.66. The van der Waals surface area contributed by atoms with Crippen molar-refractivity contribution in [2.45, 2.75) is 19.3 Å². The van der Waals surface area contributed by atoms with Crippen molar-refractivity contribution >= 4 is 5.97 Å². The maximum absolute atomic E-state index is 11.1. The SMILES string of the molecule is O=C(O)CCCc1c[nH]c(=O)[nH]c1=O. The first-order valence-corrected chi connectivity index (χ1v) is 4.12. The lowest BCUT2D eigenvalue weighted by Gasteiger charge is -1.96. The average molecular weight is 198 g/mol. The third-order valence-electron chi connectivity index (χ3n) is 1.73. The van der Waals surface area contributed by atoms with Gasteiger partial charge < -0.3 is 10.1 Å². The molecule has 76 valence electrons. The zero-order chi connectivity index (χ0) is 10.6. The Morgan fingerprint density at radius 2 is 2.14 bits per heavy atom. The molecule has 0 fully saturated rings. The van der Waals surface area contributed by atoms with Gasteiger partial charge in [-0.15, -0.1) is 0 Å². The van der Waals surface area contributed by atoms with Gasteiger partial charge in [0.15, 0.2) is 0 Å². The number of carbonyl (C=O) groups is 1. The van der Waals surface area contributed by atoms with Crippen LogP contribution in [0.2, 0.25) is 0 Å². The van der Waals surface area contributed by atoms with Crippen molar-refractivity contribution in [2.24, 2.45) is 0 Å². The third-order valence-corrected chi connectivity index (χ3v) is 1.73. The smallest absolute Gasteiger partial charge is 0.325 e. The van der Waals surface area contributed by atoms with E-state index in [1.54, 1.807) is 0 Å². The number of carboxylic acid groups (broad SMARTS) is 1. The minimum atomic E-state index is -0.897. The Labute approximate surface area is 78.6 Å². The van der Waals surface area contributed by atoms with Gasteiger partial charge in [-0.1, -0.05) is 0 Å². The first kappa shape index (κ1) is 10.2. The average Bonchev–Trinajstić information content (AvgIpc) is 2.08. The summed E-state index contributed by atoms with van der Waals surface area (Å²) in [5, 5.41) is 8.36. The monoisotopic (exact) mass is 198 g/mol. The van der Waals surface area contributed by atoms with Crippen LogP contribution in [0.4, 0.5) is 0 Å². The van der Waals surface area contributed by atoms with Crippen LogP contribution in [0.15, 0.2) is 15.8 Å². The molecule has 6 nitrogen and oxygen atoms in total. The number of carboxylic acids is 1. The minimum absolute atomic E-state index is 0.0125. The topological polar surface area (TPSA) is 103 Å². The molecule has 14 heavy (non-hydrogen) atoms. The normalized spacial score (nSPS) is 10.0. The van der Waals surface area contributed by atoms with Gasteiger partial charge in [-0.25, -0.2) is 4.79 Å². The molecule has 0 saturated carbocycles. The molecule has 0 saturated heterocycles. The summed E-state index contributed by atoms with van der Waals surface area (Å²) in [5.74, 6) is -0.897. The molecule has 0 aliphatic rings. The maximum atomic E-state index is 11.1. The quantitative estimate of drug-likeness (QED) is 0.605. The van der Waals surface area contributed by atoms with Crippen molar-refractivity contribution in [3.63, 3.8) is 0 Å². The molecule has 3 N–H and O–H groups in total. The molecule has 0 amide bonds. The van der Waals surface area contributed by atoms with Crippen LogP contribution in [-0.2, 0) is 11.2 Å². The number of aromatic amines is 2. The lowest BCUT2D eigenvalue weighted by atomic mass is 10.1. The molecule has 0 aromatic carbocycles. The third kappa shape index (κ3) is 2.89. The van der Waals surface area contributed by atoms with Crippen LogP contribution >= 0.6 is 0 Å². The van der Waals surface area contributed by atoms with Gasteiger partial charge in [0.05, 0.1) is 0 Å². The number of rotatable bonds is 4. The number of aliphatic carboxylic acids is 1. The number of nitrogens with one attached hydrogen (secondary N) is 2. The summed E-state index contributed by atoms with van der Waals surface area (Å²) in [5.41, 5.74) is -0.623. The van der Waals surface area contributed by atoms with Crippen molar-refractivity contribution in [1.82, 2.24) is 9.97 Å². The van der Waals surface area contributed by atoms with Crippen LogP contribution in [-0.4, -0.2) is 21.0 Å². The Morgan fingerprint density at radius 1 is 1.43 bits per heavy atom. The van der Waals surface area contributed by atoms with Crippen LogP contribution in [0, 0.1) is 0 Å². The summed E-state index contributed by atoms with van der Waals surface area (Å²) in [7, 11) is 0. The summed E-state index contributed by atoms with van der Waals surface area (Å²) in [4.78, 5) is 36.3. The van der Waals surface area contributed by atoms with E-state index < -0.39 is 17.2 Å². The molecule has 0 aliphatic carbocycles. The number of hydrogen-bond acceptors (Lipinski definition) is 3. The fourth-order valence-electron chi connectivity index (χ4n) is 1.05. The van der Waals surface area contributed by atoms with Crippen molar-refractivity contribution in [3.05, 3.63) is 32.6 Å². The summed E-state index contributed by atoms with van der Waals surface area (Å²) < 4.78 is 0. The van der Waals surface area contributed by atoms with E-state index in [0.29, 0.717) is 18.4 Å². The summed E-state index contributed by atoms with van der Waals surface area (Å²) in [6, 6.07) is 0. The Morgan fingerprint density at radius 3 is 2.71 bits per heavy atom. The van der Waals surface area contributed by atoms with Crippen LogP contribution in [0.1, 0.15) is 18.4 Å². The van der Waals surface area contributed by atoms with E-state index in [-0.39, 0.29) is 6.42 Å². The molecule has 0 radical (unpaired) electrons. The lowest BCUT2D eigenvalue weighted by Crippen LogP contribution is -2.24. The van der Waals surface area contributed by atoms with Crippen molar-refractivity contribution in [3.8, 4) is 0 Å². The van der Waals surface area contributed by atoms with E-state index in [4.69, 9.17) is 5.11 Å². The molecular formula is C8H10N2O4. The first-order chi connectivity index (χ1) is 6.59. The standard InChI is InChI=1S/C8H10N2O4/c11-6(12)3-1-2-5-4-9-8(14)10-7(5)13/h4H,1-3H2,(H,11,12)(H2,9,10,13,14). The fraction of sp³-hybridized carbons (Fsp3) is 0.375. The zero-order valence-corrected chi connectivity index (χ0v) is 7.37. The highest BCUT2D eigenvalue weighted by Gasteiger charge is 2.02. The van der Waals surface area contributed by atoms with Gasteiger partial charge in [-0.3, -0.25) is 14.6 Å². The van der Waals surface area contributed by atoms with E-state index in [1.165, 1.54) is 6.20 Å². The van der Waals surface area contributed by atoms with E-state index in [9.17, 15) is 14.4 Å². The number of aryl methyl sites for hydroxylation is 1. The predicted octanol–water partition coefficient (Wildman–Crippen LogP) is -0.530. The van der Waals surface area contributed by atoms with Gasteiger partial charge in [-0.05, 0) is 12.8 Å². The van der Waals surface area contributed by atoms with Crippen LogP contribution in [0.5, 0.6) is 0 Å². The van der Waals surface area contributed by atoms with Crippen LogP contribution in [0.25, 0.3) is 0 Å². The van der Waals surface area contributed by atoms with Gasteiger partial charge in [0, 0.05) is 18.2 Å². The van der Waals surface area contributed by atoms with Gasteiger partial charge in [0.1, 0.15) is 0 Å². The second kappa shape index (κ2) is 4.40. The van der Waals surface area contributed by atoms with Crippen molar-refractivity contribution < 1.29 is 9.90 Å². The Bertz CT molecular complexity index is 431. The highest BCUT2D eigenvalue weighted by Crippen LogP contribution is 1.96. The molecule has 1 heterocycles. The summed E-state index contributed by atoms with van der Waals surface area (Å²) in [6.07, 6.45) is 2.05. The summed E-state index contributed by atoms with van der Waals surface area (Å²) >= 11 is 0. The first-order valence-electron chi connectivity index (χ1n) is 4.12. The number of hydrogen-bond donors (Lipinski definition) is 3. The molecule has 0 atom stereocenters. The number of aromatic nitrogens is 2. The second-order valence-electron chi connectivity index (χ2n) is 2.84. The molecule has 1 aromatic heterocycles. The van der Waals surface area contributed by atoms with E-state index in [1.807, 2.05) is 0 Å². The maximum Gasteiger partial charge on any atom is 0.325 e. The van der Waals surface area contributed by atoms with Crippen molar-refractivity contribution in [1.29, 1.82) is 0 Å². The van der Waals surface area contributed by atoms with Gasteiger partial charge in [0.25, 0.3) is 5.56 Å². The molecule has 0 aliphatic heterocycles. The van der Waals surface area contributed by atoms with E-state index in [2.05, 4.69) is 9.97 Å². The van der Waals surface area contributed by atoms with Gasteiger partial charge in [-0.2, -0.15) is 0 Å². The Hall–Kier alpha value is -1.85. The Balaban J connectivity index is 2.64. The predicted molar refractivity (Wildman–Crippen MR) is 48.3 cm³/mol. The minimum Gasteiger partial charge on any atom is -0.481 e. The largest absolute Gasteiger partial charge is 0.481 e. The van der Waals surface area contributed by atoms with E-state index >= 15 is 0 Å². The van der Waals surface area contributed by atoms with E-state index in [0.717, 1.165) is 0 Å². The lowest BCUT2D eigenvalue weighted by molar-refractivity contribution is -0.137. The van der Waals surface area contributed by atoms with Gasteiger partial charge in [0.2, 0.25) is 0 Å². The molecule has 0 bridgehead atoms. The molecule has 1 rings (SSSR count). The molecule has 1 aromatic rings. The second-order valence-corrected chi connectivity index (χ2v) is 2.84. The fourth-order valence-corrected chi connectivity index (χ4v) is 1.05. The molecule has 0 unspecified atom stereocenters. The molecule has 6 heteroatoms. The van der Waals surface area contributed by atoms with Crippen LogP contribution < -0.4 is 11.2 Å². The highest BCUT2D eigenvalue weighted by atomic mass is 16.4. The number of H-pyrrole nitrogens is 2. The molecule has 0 spiro atoms. The van der Waals surface area contributed by atoms with Crippen molar-refractivity contribution in [2.75, 3.05) is 0 Å². The zero-order valence-electron chi connectivity index (χ0n) is 7.37. The van der Waals surface area contributed by atoms with Gasteiger partial charge >= 0.3 is 11.7 Å². The summed E-state index contributed by atoms with van der Waals surface area (Å²) in [6.45, 7) is 0. The Kier molecular flexibility index (Phi) is 3.22. The molecular weight excluding hydrogens is 188 g/mol. The van der Waals surface area contributed by atoms with Crippen LogP contribution in [0.3, 0.4) is 0 Å².